The number of benzene rings is 2. The Hall–Kier alpha value is -2.56. The monoisotopic (exact) mass is 300 g/mol. The summed E-state index contributed by atoms with van der Waals surface area (Å²) in [6, 6.07) is 8.51. The third kappa shape index (κ3) is 1.93. The fraction of sp³-hybridized carbons (Fsp3) is 0.235. The molecule has 0 amide bonds. The van der Waals surface area contributed by atoms with E-state index >= 15 is 0 Å². The van der Waals surface area contributed by atoms with Gasteiger partial charge in [0.25, 0.3) is 0 Å². The third-order valence-electron chi connectivity index (χ3n) is 4.29. The van der Waals surface area contributed by atoms with Crippen LogP contribution in [0.3, 0.4) is 0 Å². The molecule has 114 valence electrons. The summed E-state index contributed by atoms with van der Waals surface area (Å²) in [5.74, 6) is -1.26. The Labute approximate surface area is 128 Å². The van der Waals surface area contributed by atoms with Gasteiger partial charge in [0.05, 0.1) is 30.1 Å². The summed E-state index contributed by atoms with van der Waals surface area (Å²) in [5, 5.41) is 0. The molecule has 3 rings (SSSR count). The number of esters is 1. The van der Waals surface area contributed by atoms with Crippen LogP contribution >= 0.6 is 0 Å². The number of carbonyl (C=O) groups excluding carboxylic acids is 1. The van der Waals surface area contributed by atoms with E-state index in [2.05, 4.69) is 4.74 Å². The van der Waals surface area contributed by atoms with Gasteiger partial charge in [0.1, 0.15) is 5.82 Å². The lowest BCUT2D eigenvalue weighted by atomic mass is 9.87. The molecule has 0 fully saturated rings. The normalized spacial score (nSPS) is 16.0. The number of ether oxygens (including phenoxy) is 1. The van der Waals surface area contributed by atoms with Gasteiger partial charge in [0, 0.05) is 12.6 Å². The lowest BCUT2D eigenvalue weighted by molar-refractivity contribution is 0.0595. The standard InChI is InChI=1S/C17H17FN2O2/c1-9-11-7-13(17(21)22-3)14(18)8-12(11)10-5-4-6-15(19)16(10)20(9)2/h4-9H,19H2,1-3H3. The van der Waals surface area contributed by atoms with Crippen molar-refractivity contribution in [3.05, 3.63) is 47.3 Å². The van der Waals surface area contributed by atoms with Crippen molar-refractivity contribution in [1.29, 1.82) is 0 Å². The minimum absolute atomic E-state index is 0.0313. The molecular formula is C17H17FN2O2. The number of para-hydroxylation sites is 1. The molecule has 0 radical (unpaired) electrons. The molecule has 5 heteroatoms. The molecule has 0 bridgehead atoms. The molecule has 22 heavy (non-hydrogen) atoms. The van der Waals surface area contributed by atoms with Crippen molar-refractivity contribution >= 4 is 17.3 Å². The summed E-state index contributed by atoms with van der Waals surface area (Å²) in [6.07, 6.45) is 0. The Morgan fingerprint density at radius 1 is 1.32 bits per heavy atom. The van der Waals surface area contributed by atoms with Crippen molar-refractivity contribution in [3.8, 4) is 11.1 Å². The van der Waals surface area contributed by atoms with Gasteiger partial charge in [-0.15, -0.1) is 0 Å². The number of hydrogen-bond acceptors (Lipinski definition) is 4. The first-order valence-corrected chi connectivity index (χ1v) is 6.99. The average molecular weight is 300 g/mol. The second-order valence-corrected chi connectivity index (χ2v) is 5.44. The number of carbonyl (C=O) groups is 1. The van der Waals surface area contributed by atoms with Gasteiger partial charge in [0.15, 0.2) is 0 Å². The Balaban J connectivity index is 2.30. The van der Waals surface area contributed by atoms with Crippen molar-refractivity contribution in [2.45, 2.75) is 13.0 Å². The highest BCUT2D eigenvalue weighted by atomic mass is 19.1. The van der Waals surface area contributed by atoms with Gasteiger partial charge in [-0.3, -0.25) is 0 Å². The Morgan fingerprint density at radius 2 is 2.05 bits per heavy atom. The number of nitrogens with two attached hydrogens (primary N) is 1. The summed E-state index contributed by atoms with van der Waals surface area (Å²) < 4.78 is 18.9. The largest absolute Gasteiger partial charge is 0.465 e. The summed E-state index contributed by atoms with van der Waals surface area (Å²) >= 11 is 0. The first-order valence-electron chi connectivity index (χ1n) is 6.99. The van der Waals surface area contributed by atoms with E-state index in [4.69, 9.17) is 5.73 Å². The van der Waals surface area contributed by atoms with E-state index in [0.29, 0.717) is 5.69 Å². The number of hydrogen-bond donors (Lipinski definition) is 1. The predicted molar refractivity (Wildman–Crippen MR) is 84.4 cm³/mol. The van der Waals surface area contributed by atoms with Crippen LogP contribution < -0.4 is 10.6 Å². The van der Waals surface area contributed by atoms with Crippen LogP contribution in [-0.2, 0) is 4.74 Å². The van der Waals surface area contributed by atoms with E-state index in [9.17, 15) is 9.18 Å². The molecule has 2 aromatic carbocycles. The van der Waals surface area contributed by atoms with Crippen molar-refractivity contribution in [2.24, 2.45) is 0 Å². The zero-order valence-electron chi connectivity index (χ0n) is 12.7. The predicted octanol–water partition coefficient (Wildman–Crippen LogP) is 3.37. The zero-order valence-corrected chi connectivity index (χ0v) is 12.7. The summed E-state index contributed by atoms with van der Waals surface area (Å²) in [5.41, 5.74) is 10.1. The van der Waals surface area contributed by atoms with Crippen molar-refractivity contribution in [3.63, 3.8) is 0 Å². The molecule has 1 aliphatic heterocycles. The van der Waals surface area contributed by atoms with Gasteiger partial charge in [-0.2, -0.15) is 0 Å². The van der Waals surface area contributed by atoms with Crippen LogP contribution in [0.4, 0.5) is 15.8 Å². The van der Waals surface area contributed by atoms with Gasteiger partial charge >= 0.3 is 5.97 Å². The van der Waals surface area contributed by atoms with E-state index in [1.54, 1.807) is 6.07 Å². The molecule has 0 aromatic heterocycles. The molecule has 0 saturated carbocycles. The molecule has 4 nitrogen and oxygen atoms in total. The summed E-state index contributed by atoms with van der Waals surface area (Å²) in [7, 11) is 3.18. The number of nitrogens with zero attached hydrogens (tertiary/aromatic N) is 1. The molecule has 1 atom stereocenters. The van der Waals surface area contributed by atoms with Crippen LogP contribution in [0.1, 0.15) is 28.9 Å². The first kappa shape index (κ1) is 14.4. The fourth-order valence-corrected chi connectivity index (χ4v) is 3.01. The van der Waals surface area contributed by atoms with E-state index in [0.717, 1.165) is 22.4 Å². The van der Waals surface area contributed by atoms with Gasteiger partial charge in [-0.1, -0.05) is 12.1 Å². The Bertz CT molecular complexity index is 773. The minimum atomic E-state index is -0.673. The molecule has 2 aromatic rings. The molecule has 0 spiro atoms. The molecule has 0 saturated heterocycles. The maximum absolute atomic E-state index is 14.3. The second kappa shape index (κ2) is 5.02. The maximum Gasteiger partial charge on any atom is 0.340 e. The lowest BCUT2D eigenvalue weighted by Crippen LogP contribution is -2.27. The molecule has 1 unspecified atom stereocenters. The number of rotatable bonds is 1. The van der Waals surface area contributed by atoms with Gasteiger partial charge in [-0.05, 0) is 36.2 Å². The number of methoxy groups -OCH3 is 1. The molecule has 2 N–H and O–H groups in total. The number of nitrogen functional groups attached to an aromatic ring is 1. The van der Waals surface area contributed by atoms with Crippen LogP contribution in [0.15, 0.2) is 30.3 Å². The molecular weight excluding hydrogens is 283 g/mol. The fourth-order valence-electron chi connectivity index (χ4n) is 3.01. The van der Waals surface area contributed by atoms with Crippen molar-refractivity contribution in [1.82, 2.24) is 0 Å². The van der Waals surface area contributed by atoms with Gasteiger partial charge < -0.3 is 15.4 Å². The highest BCUT2D eigenvalue weighted by Crippen LogP contribution is 2.47. The van der Waals surface area contributed by atoms with Crippen molar-refractivity contribution < 1.29 is 13.9 Å². The summed E-state index contributed by atoms with van der Waals surface area (Å²) in [6.45, 7) is 1.99. The van der Waals surface area contributed by atoms with Gasteiger partial charge in [0.2, 0.25) is 0 Å². The highest BCUT2D eigenvalue weighted by Gasteiger charge is 2.29. The van der Waals surface area contributed by atoms with Crippen LogP contribution in [-0.4, -0.2) is 20.1 Å². The molecule has 1 aliphatic rings. The number of halogens is 1. The van der Waals surface area contributed by atoms with E-state index in [1.165, 1.54) is 13.2 Å². The van der Waals surface area contributed by atoms with Crippen LogP contribution in [0, 0.1) is 5.82 Å². The second-order valence-electron chi connectivity index (χ2n) is 5.44. The van der Waals surface area contributed by atoms with Crippen LogP contribution in [0.25, 0.3) is 11.1 Å². The number of fused-ring (bicyclic) bond motifs is 3. The van der Waals surface area contributed by atoms with Crippen LogP contribution in [0.5, 0.6) is 0 Å². The number of anilines is 2. The topological polar surface area (TPSA) is 55.6 Å². The minimum Gasteiger partial charge on any atom is -0.465 e. The Morgan fingerprint density at radius 3 is 2.73 bits per heavy atom. The van der Waals surface area contributed by atoms with Crippen molar-refractivity contribution in [2.75, 3.05) is 24.8 Å². The smallest absolute Gasteiger partial charge is 0.340 e. The lowest BCUT2D eigenvalue weighted by Gasteiger charge is -2.36. The summed E-state index contributed by atoms with van der Waals surface area (Å²) in [4.78, 5) is 13.7. The van der Waals surface area contributed by atoms with Crippen LogP contribution in [0.2, 0.25) is 0 Å². The quantitative estimate of drug-likeness (QED) is 0.648. The zero-order chi connectivity index (χ0) is 16.0. The third-order valence-corrected chi connectivity index (χ3v) is 4.29. The van der Waals surface area contributed by atoms with Gasteiger partial charge in [-0.25, -0.2) is 9.18 Å². The maximum atomic E-state index is 14.3. The SMILES string of the molecule is COC(=O)c1cc2c(cc1F)-c1cccc(N)c1N(C)C2C. The highest BCUT2D eigenvalue weighted by molar-refractivity contribution is 5.95. The Kier molecular flexibility index (Phi) is 3.28. The average Bonchev–Trinajstić information content (AvgIpc) is 2.51. The molecule has 0 aliphatic carbocycles. The first-order chi connectivity index (χ1) is 10.5. The van der Waals surface area contributed by atoms with E-state index in [-0.39, 0.29) is 11.6 Å². The molecule has 1 heterocycles. The van der Waals surface area contributed by atoms with E-state index in [1.807, 2.05) is 37.1 Å². The van der Waals surface area contributed by atoms with E-state index < -0.39 is 11.8 Å².